The van der Waals surface area contributed by atoms with E-state index >= 15 is 0 Å². The van der Waals surface area contributed by atoms with E-state index in [4.69, 9.17) is 9.84 Å². The third-order valence-corrected chi connectivity index (χ3v) is 8.38. The van der Waals surface area contributed by atoms with Gasteiger partial charge in [0, 0.05) is 16.9 Å². The van der Waals surface area contributed by atoms with Crippen molar-refractivity contribution in [1.82, 2.24) is 0 Å². The zero-order chi connectivity index (χ0) is 18.9. The largest absolute Gasteiger partial charge is 0.481 e. The standard InChI is InChI=1S/C23H36O3S/c24-23(25)13-7-2-1-6-12-19-20(22-15-14-21(19)27-22)17-26-16-8-11-18-9-4-3-5-10-18/h1,6,8,11,18-22H,2-5,7,9-10,12-17H2,(H,24,25)/b6-1-,11-8+/t19-,20+,21-,22+/m1/s1. The Hall–Kier alpha value is -0.740. The Morgan fingerprint density at radius 1 is 1.00 bits per heavy atom. The van der Waals surface area contributed by atoms with E-state index in [-0.39, 0.29) is 6.42 Å². The first-order chi connectivity index (χ1) is 13.2. The molecule has 4 atom stereocenters. The number of fused-ring (bicyclic) bond motifs is 2. The summed E-state index contributed by atoms with van der Waals surface area (Å²) in [5, 5.41) is 10.3. The molecular formula is C23H36O3S. The number of thioether (sulfide) groups is 1. The zero-order valence-corrected chi connectivity index (χ0v) is 17.4. The van der Waals surface area contributed by atoms with Crippen molar-refractivity contribution in [1.29, 1.82) is 0 Å². The second kappa shape index (κ2) is 11.3. The highest BCUT2D eigenvalue weighted by Crippen LogP contribution is 2.54. The molecule has 3 nitrogen and oxygen atoms in total. The number of carboxylic acids is 1. The van der Waals surface area contributed by atoms with Crippen LogP contribution in [0.4, 0.5) is 0 Å². The maximum atomic E-state index is 10.6. The molecule has 27 heavy (non-hydrogen) atoms. The summed E-state index contributed by atoms with van der Waals surface area (Å²) in [4.78, 5) is 10.6. The molecule has 0 radical (unpaired) electrons. The number of carbonyl (C=O) groups is 1. The van der Waals surface area contributed by atoms with E-state index < -0.39 is 5.97 Å². The summed E-state index contributed by atoms with van der Waals surface area (Å²) in [6, 6.07) is 0. The predicted molar refractivity (Wildman–Crippen MR) is 113 cm³/mol. The van der Waals surface area contributed by atoms with Crippen molar-refractivity contribution < 1.29 is 14.6 Å². The van der Waals surface area contributed by atoms with Gasteiger partial charge in [-0.3, -0.25) is 4.79 Å². The lowest BCUT2D eigenvalue weighted by Crippen LogP contribution is -2.30. The molecular weight excluding hydrogens is 356 g/mol. The second-order valence-electron chi connectivity index (χ2n) is 8.47. The van der Waals surface area contributed by atoms with Gasteiger partial charge in [0.25, 0.3) is 0 Å². The fraction of sp³-hybridized carbons (Fsp3) is 0.783. The molecule has 0 spiro atoms. The highest BCUT2D eigenvalue weighted by atomic mass is 32.2. The lowest BCUT2D eigenvalue weighted by molar-refractivity contribution is -0.137. The molecule has 0 amide bonds. The number of carboxylic acid groups (broad SMARTS) is 1. The highest BCUT2D eigenvalue weighted by molar-refractivity contribution is 8.01. The molecule has 0 unspecified atom stereocenters. The third kappa shape index (κ3) is 6.67. The monoisotopic (exact) mass is 392 g/mol. The minimum Gasteiger partial charge on any atom is -0.481 e. The maximum absolute atomic E-state index is 10.6. The lowest BCUT2D eigenvalue weighted by Gasteiger charge is -2.28. The minimum atomic E-state index is -0.692. The predicted octanol–water partition coefficient (Wildman–Crippen LogP) is 5.85. The molecule has 4 heteroatoms. The summed E-state index contributed by atoms with van der Waals surface area (Å²) >= 11 is 2.20. The van der Waals surface area contributed by atoms with Crippen molar-refractivity contribution in [2.75, 3.05) is 13.2 Å². The summed E-state index contributed by atoms with van der Waals surface area (Å²) < 4.78 is 6.07. The van der Waals surface area contributed by atoms with Crippen molar-refractivity contribution in [3.05, 3.63) is 24.3 Å². The smallest absolute Gasteiger partial charge is 0.303 e. The van der Waals surface area contributed by atoms with Crippen molar-refractivity contribution in [2.24, 2.45) is 17.8 Å². The number of allylic oxidation sites excluding steroid dienone is 3. The first-order valence-corrected chi connectivity index (χ1v) is 11.9. The van der Waals surface area contributed by atoms with Gasteiger partial charge < -0.3 is 9.84 Å². The number of aliphatic carboxylic acids is 1. The summed E-state index contributed by atoms with van der Waals surface area (Å²) in [5.41, 5.74) is 0. The first kappa shape index (κ1) is 21.0. The fourth-order valence-corrected chi connectivity index (χ4v) is 7.01. The van der Waals surface area contributed by atoms with Crippen LogP contribution in [-0.2, 0) is 9.53 Å². The van der Waals surface area contributed by atoms with Crippen LogP contribution >= 0.6 is 11.8 Å². The van der Waals surface area contributed by atoms with Crippen LogP contribution in [0.1, 0.15) is 70.6 Å². The number of unbranched alkanes of at least 4 members (excludes halogenated alkanes) is 1. The van der Waals surface area contributed by atoms with Gasteiger partial charge in [-0.25, -0.2) is 0 Å². The Balaban J connectivity index is 1.35. The van der Waals surface area contributed by atoms with E-state index in [9.17, 15) is 4.79 Å². The summed E-state index contributed by atoms with van der Waals surface area (Å²) in [6.07, 6.45) is 21.8. The van der Waals surface area contributed by atoms with Gasteiger partial charge in [-0.05, 0) is 62.7 Å². The maximum Gasteiger partial charge on any atom is 0.303 e. The van der Waals surface area contributed by atoms with Gasteiger partial charge in [0.1, 0.15) is 0 Å². The van der Waals surface area contributed by atoms with Crippen LogP contribution in [0.3, 0.4) is 0 Å². The second-order valence-corrected chi connectivity index (χ2v) is 9.96. The molecule has 0 aromatic rings. The average molecular weight is 393 g/mol. The van der Waals surface area contributed by atoms with Gasteiger partial charge in [-0.1, -0.05) is 43.6 Å². The molecule has 2 heterocycles. The van der Waals surface area contributed by atoms with Crippen molar-refractivity contribution in [2.45, 2.75) is 81.1 Å². The van der Waals surface area contributed by atoms with Gasteiger partial charge in [0.2, 0.25) is 0 Å². The zero-order valence-electron chi connectivity index (χ0n) is 16.6. The van der Waals surface area contributed by atoms with Gasteiger partial charge in [0.05, 0.1) is 13.2 Å². The minimum absolute atomic E-state index is 0.277. The Morgan fingerprint density at radius 3 is 2.56 bits per heavy atom. The molecule has 3 rings (SSSR count). The molecule has 2 bridgehead atoms. The van der Waals surface area contributed by atoms with Crippen LogP contribution in [0.2, 0.25) is 0 Å². The van der Waals surface area contributed by atoms with E-state index in [0.29, 0.717) is 5.92 Å². The Bertz CT molecular complexity index is 510. The van der Waals surface area contributed by atoms with Crippen LogP contribution in [0.5, 0.6) is 0 Å². The van der Waals surface area contributed by atoms with Gasteiger partial charge >= 0.3 is 5.97 Å². The SMILES string of the molecule is O=C(O)CCC/C=C\C[C@@H]1[C@H](COC/C=C/C2CCCCC2)[C@@H]2CC[C@H]1S2. The van der Waals surface area contributed by atoms with Crippen LogP contribution in [-0.4, -0.2) is 34.8 Å². The normalized spacial score (nSPS) is 31.4. The number of hydrogen-bond acceptors (Lipinski definition) is 3. The summed E-state index contributed by atoms with van der Waals surface area (Å²) in [6.45, 7) is 1.67. The van der Waals surface area contributed by atoms with Crippen LogP contribution in [0, 0.1) is 17.8 Å². The highest BCUT2D eigenvalue weighted by Gasteiger charge is 2.47. The van der Waals surface area contributed by atoms with Crippen LogP contribution in [0.25, 0.3) is 0 Å². The molecule has 1 aliphatic carbocycles. The molecule has 1 saturated carbocycles. The van der Waals surface area contributed by atoms with E-state index in [1.807, 2.05) is 0 Å². The van der Waals surface area contributed by atoms with E-state index in [1.165, 1.54) is 44.9 Å². The van der Waals surface area contributed by atoms with Gasteiger partial charge in [-0.15, -0.1) is 0 Å². The number of ether oxygens (including phenoxy) is 1. The van der Waals surface area contributed by atoms with E-state index in [1.54, 1.807) is 0 Å². The van der Waals surface area contributed by atoms with E-state index in [2.05, 4.69) is 36.1 Å². The van der Waals surface area contributed by atoms with Crippen molar-refractivity contribution in [3.63, 3.8) is 0 Å². The molecule has 2 saturated heterocycles. The summed E-state index contributed by atoms with van der Waals surface area (Å²) in [7, 11) is 0. The van der Waals surface area contributed by atoms with Crippen LogP contribution in [0.15, 0.2) is 24.3 Å². The van der Waals surface area contributed by atoms with Crippen LogP contribution < -0.4 is 0 Å². The quantitative estimate of drug-likeness (QED) is 0.354. The average Bonchev–Trinajstić information content (AvgIpc) is 3.27. The molecule has 1 N–H and O–H groups in total. The van der Waals surface area contributed by atoms with Gasteiger partial charge in [-0.2, -0.15) is 11.8 Å². The number of hydrogen-bond donors (Lipinski definition) is 1. The van der Waals surface area contributed by atoms with Crippen molar-refractivity contribution in [3.8, 4) is 0 Å². The molecule has 2 aliphatic heterocycles. The molecule has 0 aromatic heterocycles. The Kier molecular flexibility index (Phi) is 8.79. The first-order valence-electron chi connectivity index (χ1n) is 11.0. The van der Waals surface area contributed by atoms with Gasteiger partial charge in [0.15, 0.2) is 0 Å². The Morgan fingerprint density at radius 2 is 1.78 bits per heavy atom. The number of rotatable bonds is 11. The molecule has 0 aromatic carbocycles. The van der Waals surface area contributed by atoms with E-state index in [0.717, 1.165) is 54.8 Å². The third-order valence-electron chi connectivity index (χ3n) is 6.51. The fourth-order valence-electron chi connectivity index (χ4n) is 5.02. The molecule has 3 fully saturated rings. The summed E-state index contributed by atoms with van der Waals surface area (Å²) in [5.74, 6) is 1.54. The molecule has 152 valence electrons. The molecule has 3 aliphatic rings. The topological polar surface area (TPSA) is 46.5 Å². The lowest BCUT2D eigenvalue weighted by atomic mass is 9.78. The van der Waals surface area contributed by atoms with Crippen molar-refractivity contribution >= 4 is 17.7 Å². The Labute approximate surface area is 169 Å².